The molecule has 1 aromatic carbocycles. The maximum absolute atomic E-state index is 5.75. The number of likely N-dealkylation sites (N-methyl/N-ethyl adjacent to an activating group) is 1. The molecule has 0 unspecified atom stereocenters. The van der Waals surface area contributed by atoms with Gasteiger partial charge in [0.2, 0.25) is 0 Å². The quantitative estimate of drug-likeness (QED) is 0.612. The van der Waals surface area contributed by atoms with E-state index in [1.165, 1.54) is 11.3 Å². The third kappa shape index (κ3) is 1.17. The van der Waals surface area contributed by atoms with Crippen molar-refractivity contribution in [2.75, 3.05) is 24.2 Å². The molecular formula is C11H16N2. The van der Waals surface area contributed by atoms with Crippen LogP contribution in [0, 0.1) is 0 Å². The van der Waals surface area contributed by atoms with E-state index in [1.807, 2.05) is 6.07 Å². The Morgan fingerprint density at radius 1 is 1.38 bits per heavy atom. The normalized spacial score (nSPS) is 18.8. The molecule has 0 saturated heterocycles. The monoisotopic (exact) mass is 176 g/mol. The predicted molar refractivity (Wildman–Crippen MR) is 57.2 cm³/mol. The molecule has 1 aliphatic heterocycles. The minimum atomic E-state index is 0.262. The Hall–Kier alpha value is -1.18. The van der Waals surface area contributed by atoms with Gasteiger partial charge in [0.1, 0.15) is 0 Å². The lowest BCUT2D eigenvalue weighted by Gasteiger charge is -2.18. The maximum Gasteiger partial charge on any atom is 0.0423 e. The smallest absolute Gasteiger partial charge is 0.0423 e. The average Bonchev–Trinajstić information content (AvgIpc) is 2.22. The third-order valence-electron chi connectivity index (χ3n) is 2.79. The molecule has 2 nitrogen and oxygen atoms in total. The Balaban J connectivity index is 2.59. The molecule has 2 rings (SSSR count). The van der Waals surface area contributed by atoms with E-state index in [9.17, 15) is 0 Å². The summed E-state index contributed by atoms with van der Waals surface area (Å²) < 4.78 is 0. The van der Waals surface area contributed by atoms with E-state index >= 15 is 0 Å². The van der Waals surface area contributed by atoms with Crippen LogP contribution in [-0.2, 0) is 5.41 Å². The Morgan fingerprint density at radius 3 is 2.77 bits per heavy atom. The van der Waals surface area contributed by atoms with Crippen molar-refractivity contribution in [3.05, 3.63) is 23.8 Å². The molecule has 0 aliphatic carbocycles. The van der Waals surface area contributed by atoms with Crippen molar-refractivity contribution in [1.29, 1.82) is 0 Å². The Bertz CT molecular complexity index is 342. The summed E-state index contributed by atoms with van der Waals surface area (Å²) in [5, 5.41) is 0. The molecule has 0 bridgehead atoms. The Labute approximate surface area is 79.4 Å². The molecule has 0 atom stereocenters. The number of benzene rings is 1. The van der Waals surface area contributed by atoms with Gasteiger partial charge in [0.05, 0.1) is 0 Å². The van der Waals surface area contributed by atoms with Crippen molar-refractivity contribution in [3.63, 3.8) is 0 Å². The zero-order chi connectivity index (χ0) is 9.64. The van der Waals surface area contributed by atoms with Gasteiger partial charge >= 0.3 is 0 Å². The summed E-state index contributed by atoms with van der Waals surface area (Å²) in [5.74, 6) is 0. The number of anilines is 2. The van der Waals surface area contributed by atoms with Crippen LogP contribution in [0.15, 0.2) is 18.2 Å². The van der Waals surface area contributed by atoms with E-state index in [2.05, 4.69) is 37.9 Å². The molecule has 1 aromatic rings. The van der Waals surface area contributed by atoms with Gasteiger partial charge in [0.25, 0.3) is 0 Å². The van der Waals surface area contributed by atoms with Crippen LogP contribution in [0.1, 0.15) is 19.4 Å². The van der Waals surface area contributed by atoms with Gasteiger partial charge in [0, 0.05) is 30.4 Å². The Morgan fingerprint density at radius 2 is 2.08 bits per heavy atom. The number of nitrogen functional groups attached to an aromatic ring is 1. The summed E-state index contributed by atoms with van der Waals surface area (Å²) in [5.41, 5.74) is 9.56. The van der Waals surface area contributed by atoms with Gasteiger partial charge in [-0.15, -0.1) is 0 Å². The van der Waals surface area contributed by atoms with Crippen LogP contribution in [0.3, 0.4) is 0 Å². The molecule has 1 aliphatic rings. The molecule has 13 heavy (non-hydrogen) atoms. The van der Waals surface area contributed by atoms with Crippen LogP contribution in [0.25, 0.3) is 0 Å². The van der Waals surface area contributed by atoms with Crippen molar-refractivity contribution >= 4 is 11.4 Å². The van der Waals surface area contributed by atoms with Crippen LogP contribution in [0.5, 0.6) is 0 Å². The number of rotatable bonds is 0. The van der Waals surface area contributed by atoms with Crippen molar-refractivity contribution in [2.45, 2.75) is 19.3 Å². The third-order valence-corrected chi connectivity index (χ3v) is 2.79. The van der Waals surface area contributed by atoms with Gasteiger partial charge in [0.15, 0.2) is 0 Å². The van der Waals surface area contributed by atoms with Gasteiger partial charge in [-0.05, 0) is 17.7 Å². The van der Waals surface area contributed by atoms with E-state index in [0.717, 1.165) is 12.2 Å². The van der Waals surface area contributed by atoms with Crippen LogP contribution in [0.2, 0.25) is 0 Å². The first-order valence-corrected chi connectivity index (χ1v) is 4.62. The van der Waals surface area contributed by atoms with Crippen molar-refractivity contribution in [1.82, 2.24) is 0 Å². The SMILES string of the molecule is CN1CC(C)(C)c2ccc(N)cc21. The summed E-state index contributed by atoms with van der Waals surface area (Å²) in [6.45, 7) is 5.61. The molecule has 0 fully saturated rings. The molecular weight excluding hydrogens is 160 g/mol. The molecule has 70 valence electrons. The van der Waals surface area contributed by atoms with Crippen LogP contribution in [0.4, 0.5) is 11.4 Å². The molecule has 0 aromatic heterocycles. The highest BCUT2D eigenvalue weighted by Crippen LogP contribution is 2.40. The fourth-order valence-electron chi connectivity index (χ4n) is 2.20. The fourth-order valence-corrected chi connectivity index (χ4v) is 2.20. The molecule has 0 spiro atoms. The highest BCUT2D eigenvalue weighted by atomic mass is 15.1. The maximum atomic E-state index is 5.75. The van der Waals surface area contributed by atoms with E-state index in [-0.39, 0.29) is 5.41 Å². The molecule has 2 N–H and O–H groups in total. The van der Waals surface area contributed by atoms with Gasteiger partial charge in [-0.25, -0.2) is 0 Å². The van der Waals surface area contributed by atoms with E-state index in [1.54, 1.807) is 0 Å². The zero-order valence-corrected chi connectivity index (χ0v) is 8.46. The van der Waals surface area contributed by atoms with Crippen LogP contribution in [-0.4, -0.2) is 13.6 Å². The zero-order valence-electron chi connectivity index (χ0n) is 8.46. The fraction of sp³-hybridized carbons (Fsp3) is 0.455. The minimum Gasteiger partial charge on any atom is -0.399 e. The van der Waals surface area contributed by atoms with Crippen molar-refractivity contribution in [2.24, 2.45) is 0 Å². The summed E-state index contributed by atoms with van der Waals surface area (Å²) >= 11 is 0. The van der Waals surface area contributed by atoms with E-state index in [0.29, 0.717) is 0 Å². The standard InChI is InChI=1S/C11H16N2/c1-11(2)7-13(3)10-6-8(12)4-5-9(10)11/h4-6H,7,12H2,1-3H3. The Kier molecular flexibility index (Phi) is 1.56. The van der Waals surface area contributed by atoms with Crippen molar-refractivity contribution < 1.29 is 0 Å². The first kappa shape index (κ1) is 8.42. The molecule has 0 radical (unpaired) electrons. The summed E-state index contributed by atoms with van der Waals surface area (Å²) in [6, 6.07) is 6.19. The van der Waals surface area contributed by atoms with Gasteiger partial charge < -0.3 is 10.6 Å². The summed E-state index contributed by atoms with van der Waals surface area (Å²) in [7, 11) is 2.12. The second-order valence-electron chi connectivity index (χ2n) is 4.52. The molecule has 1 heterocycles. The average molecular weight is 176 g/mol. The predicted octanol–water partition coefficient (Wildman–Crippen LogP) is 2.00. The number of nitrogens with zero attached hydrogens (tertiary/aromatic N) is 1. The van der Waals surface area contributed by atoms with Crippen LogP contribution >= 0.6 is 0 Å². The van der Waals surface area contributed by atoms with Crippen LogP contribution < -0.4 is 10.6 Å². The first-order valence-electron chi connectivity index (χ1n) is 4.62. The lowest BCUT2D eigenvalue weighted by atomic mass is 9.87. The summed E-state index contributed by atoms with van der Waals surface area (Å²) in [4.78, 5) is 2.27. The number of hydrogen-bond donors (Lipinski definition) is 1. The number of nitrogens with two attached hydrogens (primary N) is 1. The van der Waals surface area contributed by atoms with Gasteiger partial charge in [-0.2, -0.15) is 0 Å². The highest BCUT2D eigenvalue weighted by Gasteiger charge is 2.32. The second-order valence-corrected chi connectivity index (χ2v) is 4.52. The topological polar surface area (TPSA) is 29.3 Å². The molecule has 0 saturated carbocycles. The lowest BCUT2D eigenvalue weighted by molar-refractivity contribution is 0.563. The van der Waals surface area contributed by atoms with Crippen molar-refractivity contribution in [3.8, 4) is 0 Å². The molecule has 0 amide bonds. The number of fused-ring (bicyclic) bond motifs is 1. The van der Waals surface area contributed by atoms with E-state index in [4.69, 9.17) is 5.73 Å². The number of hydrogen-bond acceptors (Lipinski definition) is 2. The minimum absolute atomic E-state index is 0.262. The van der Waals surface area contributed by atoms with Gasteiger partial charge in [-0.1, -0.05) is 19.9 Å². The largest absolute Gasteiger partial charge is 0.399 e. The highest BCUT2D eigenvalue weighted by molar-refractivity contribution is 5.66. The first-order chi connectivity index (χ1) is 6.00. The van der Waals surface area contributed by atoms with E-state index < -0.39 is 0 Å². The lowest BCUT2D eigenvalue weighted by Crippen LogP contribution is -2.24. The van der Waals surface area contributed by atoms with Gasteiger partial charge in [-0.3, -0.25) is 0 Å². The second kappa shape index (κ2) is 2.41. The molecule has 2 heteroatoms. The summed E-state index contributed by atoms with van der Waals surface area (Å²) in [6.07, 6.45) is 0.